The zero-order chi connectivity index (χ0) is 14.9. The van der Waals surface area contributed by atoms with Gasteiger partial charge in [-0.25, -0.2) is 0 Å². The summed E-state index contributed by atoms with van der Waals surface area (Å²) in [6.07, 6.45) is -3.53. The zero-order valence-corrected chi connectivity index (χ0v) is 10.4. The van der Waals surface area contributed by atoms with Crippen LogP contribution in [0, 0.1) is 10.1 Å². The summed E-state index contributed by atoms with van der Waals surface area (Å²) in [5.74, 6) is -1.77. The molecule has 108 valence electrons. The number of H-pyrrole nitrogens is 1. The number of nitrogens with zero attached hydrogens (tertiary/aromatic N) is 1. The predicted molar refractivity (Wildman–Crippen MR) is 65.5 cm³/mol. The Morgan fingerprint density at radius 3 is 2.70 bits per heavy atom. The number of hydrogen-bond acceptors (Lipinski definition) is 3. The first-order valence-corrected chi connectivity index (χ1v) is 5.66. The van der Waals surface area contributed by atoms with Gasteiger partial charge in [-0.3, -0.25) is 10.1 Å². The molecule has 1 heterocycles. The molecule has 1 unspecified atom stereocenters. The normalized spacial score (nSPS) is 13.4. The monoisotopic (exact) mass is 288 g/mol. The molecule has 0 saturated heterocycles. The van der Waals surface area contributed by atoms with Crippen LogP contribution >= 0.6 is 0 Å². The Morgan fingerprint density at radius 1 is 1.45 bits per heavy atom. The largest absolute Gasteiger partial charge is 0.497 e. The van der Waals surface area contributed by atoms with Crippen LogP contribution in [0.4, 0.5) is 13.2 Å². The summed E-state index contributed by atoms with van der Waals surface area (Å²) >= 11 is 0. The molecule has 0 radical (unpaired) electrons. The number of benzene rings is 1. The second-order valence-electron chi connectivity index (χ2n) is 4.27. The Kier molecular flexibility index (Phi) is 3.56. The van der Waals surface area contributed by atoms with Crippen molar-refractivity contribution < 1.29 is 22.8 Å². The number of methoxy groups -OCH3 is 1. The highest BCUT2D eigenvalue weighted by Gasteiger charge is 2.45. The molecule has 2 aromatic rings. The topological polar surface area (TPSA) is 68.2 Å². The summed E-state index contributed by atoms with van der Waals surface area (Å²) in [6, 6.07) is 4.59. The van der Waals surface area contributed by atoms with Gasteiger partial charge in [0.1, 0.15) is 11.7 Å². The van der Waals surface area contributed by atoms with Crippen LogP contribution in [0.15, 0.2) is 24.4 Å². The Bertz CT molecular complexity index is 636. The van der Waals surface area contributed by atoms with E-state index in [-0.39, 0.29) is 10.9 Å². The lowest BCUT2D eigenvalue weighted by molar-refractivity contribution is -0.490. The van der Waals surface area contributed by atoms with E-state index in [9.17, 15) is 23.3 Å². The van der Waals surface area contributed by atoms with Crippen LogP contribution in [0.1, 0.15) is 11.5 Å². The maximum Gasteiger partial charge on any atom is 0.402 e. The summed E-state index contributed by atoms with van der Waals surface area (Å²) in [6.45, 7) is -1.20. The standard InChI is InChI=1S/C12H11F3N2O3/c1-20-7-2-3-11-8(4-7)9(5-16-11)10(6-17(18)19)12(13,14)15/h2-5,10,16H,6H2,1H3. The molecular formula is C12H11F3N2O3. The molecule has 0 aliphatic carbocycles. The van der Waals surface area contributed by atoms with Crippen molar-refractivity contribution >= 4 is 10.9 Å². The minimum absolute atomic E-state index is 0.150. The molecule has 8 heteroatoms. The van der Waals surface area contributed by atoms with Crippen LogP contribution in [0.25, 0.3) is 10.9 Å². The van der Waals surface area contributed by atoms with Crippen molar-refractivity contribution in [1.29, 1.82) is 0 Å². The van der Waals surface area contributed by atoms with Gasteiger partial charge < -0.3 is 9.72 Å². The van der Waals surface area contributed by atoms with Crippen LogP contribution in [-0.4, -0.2) is 29.7 Å². The van der Waals surface area contributed by atoms with Gasteiger partial charge in [-0.05, 0) is 23.8 Å². The molecule has 0 saturated carbocycles. The maximum atomic E-state index is 13.0. The Hall–Kier alpha value is -2.25. The van der Waals surface area contributed by atoms with Crippen molar-refractivity contribution in [1.82, 2.24) is 4.98 Å². The molecule has 1 aromatic carbocycles. The molecule has 0 bridgehead atoms. The lowest BCUT2D eigenvalue weighted by Crippen LogP contribution is -2.27. The number of aromatic amines is 1. The highest BCUT2D eigenvalue weighted by molar-refractivity contribution is 5.85. The van der Waals surface area contributed by atoms with E-state index in [1.165, 1.54) is 13.2 Å². The Labute approximate surface area is 111 Å². The first-order valence-electron chi connectivity index (χ1n) is 5.66. The lowest BCUT2D eigenvalue weighted by Gasteiger charge is -2.16. The molecule has 1 atom stereocenters. The van der Waals surface area contributed by atoms with E-state index in [2.05, 4.69) is 4.98 Å². The van der Waals surface area contributed by atoms with Gasteiger partial charge in [0, 0.05) is 22.0 Å². The maximum absolute atomic E-state index is 13.0. The summed E-state index contributed by atoms with van der Waals surface area (Å²) in [4.78, 5) is 12.2. The van der Waals surface area contributed by atoms with E-state index >= 15 is 0 Å². The zero-order valence-electron chi connectivity index (χ0n) is 10.4. The van der Waals surface area contributed by atoms with Gasteiger partial charge in [-0.1, -0.05) is 0 Å². The molecule has 5 nitrogen and oxygen atoms in total. The Morgan fingerprint density at radius 2 is 2.15 bits per heavy atom. The lowest BCUT2D eigenvalue weighted by atomic mass is 9.98. The smallest absolute Gasteiger partial charge is 0.402 e. The average molecular weight is 288 g/mol. The van der Waals surface area contributed by atoms with E-state index in [1.807, 2.05) is 0 Å². The number of rotatable bonds is 4. The SMILES string of the molecule is COc1ccc2[nH]cc(C(C[N+](=O)[O-])C(F)(F)F)c2c1. The fraction of sp³-hybridized carbons (Fsp3) is 0.333. The number of alkyl halides is 3. The average Bonchev–Trinajstić information content (AvgIpc) is 2.76. The van der Waals surface area contributed by atoms with Gasteiger partial charge in [0.05, 0.1) is 7.11 Å². The molecule has 0 aliphatic heterocycles. The van der Waals surface area contributed by atoms with Gasteiger partial charge in [0.15, 0.2) is 0 Å². The molecule has 0 amide bonds. The first kappa shape index (κ1) is 14.2. The fourth-order valence-electron chi connectivity index (χ4n) is 2.06. The van der Waals surface area contributed by atoms with Crippen molar-refractivity contribution in [3.63, 3.8) is 0 Å². The summed E-state index contributed by atoms with van der Waals surface area (Å²) in [5.41, 5.74) is 0.321. The van der Waals surface area contributed by atoms with Crippen LogP contribution in [0.3, 0.4) is 0 Å². The number of nitro groups is 1. The van der Waals surface area contributed by atoms with Gasteiger partial charge >= 0.3 is 6.18 Å². The quantitative estimate of drug-likeness (QED) is 0.694. The Balaban J connectivity index is 2.55. The fourth-order valence-corrected chi connectivity index (χ4v) is 2.06. The summed E-state index contributed by atoms with van der Waals surface area (Å²) in [7, 11) is 1.39. The molecule has 1 aromatic heterocycles. The van der Waals surface area contributed by atoms with Crippen molar-refractivity contribution in [3.8, 4) is 5.75 Å². The summed E-state index contributed by atoms with van der Waals surface area (Å²) < 4.78 is 44.0. The first-order chi connectivity index (χ1) is 9.32. The minimum atomic E-state index is -4.69. The third-order valence-electron chi connectivity index (χ3n) is 3.02. The number of ether oxygens (including phenoxy) is 1. The van der Waals surface area contributed by atoms with Crippen LogP contribution in [0.2, 0.25) is 0 Å². The highest BCUT2D eigenvalue weighted by Crippen LogP contribution is 2.39. The van der Waals surface area contributed by atoms with E-state index in [4.69, 9.17) is 4.74 Å². The van der Waals surface area contributed by atoms with Crippen molar-refractivity contribution in [2.45, 2.75) is 12.1 Å². The molecule has 1 N–H and O–H groups in total. The van der Waals surface area contributed by atoms with E-state index in [0.29, 0.717) is 11.3 Å². The van der Waals surface area contributed by atoms with Gasteiger partial charge in [0.25, 0.3) is 0 Å². The van der Waals surface area contributed by atoms with E-state index in [0.717, 1.165) is 6.20 Å². The number of hydrogen-bond donors (Lipinski definition) is 1. The van der Waals surface area contributed by atoms with Crippen molar-refractivity contribution in [3.05, 3.63) is 40.1 Å². The second kappa shape index (κ2) is 5.03. The van der Waals surface area contributed by atoms with Gasteiger partial charge in [0.2, 0.25) is 6.54 Å². The molecule has 0 spiro atoms. The summed E-state index contributed by atoms with van der Waals surface area (Å²) in [5, 5.41) is 10.8. The van der Waals surface area contributed by atoms with E-state index in [1.54, 1.807) is 12.1 Å². The van der Waals surface area contributed by atoms with Crippen LogP contribution in [0.5, 0.6) is 5.75 Å². The number of nitrogens with one attached hydrogen (secondary N) is 1. The number of halogens is 3. The van der Waals surface area contributed by atoms with Gasteiger partial charge in [-0.15, -0.1) is 0 Å². The number of fused-ring (bicyclic) bond motifs is 1. The third-order valence-corrected chi connectivity index (χ3v) is 3.02. The van der Waals surface area contributed by atoms with Crippen molar-refractivity contribution in [2.24, 2.45) is 0 Å². The highest BCUT2D eigenvalue weighted by atomic mass is 19.4. The molecule has 0 fully saturated rings. The van der Waals surface area contributed by atoms with Crippen LogP contribution < -0.4 is 4.74 Å². The van der Waals surface area contributed by atoms with Crippen molar-refractivity contribution in [2.75, 3.05) is 13.7 Å². The van der Waals surface area contributed by atoms with E-state index < -0.39 is 23.6 Å². The van der Waals surface area contributed by atoms with Crippen LogP contribution in [-0.2, 0) is 0 Å². The number of aromatic nitrogens is 1. The molecule has 0 aliphatic rings. The predicted octanol–water partition coefficient (Wildman–Crippen LogP) is 3.10. The van der Waals surface area contributed by atoms with Gasteiger partial charge in [-0.2, -0.15) is 13.2 Å². The third kappa shape index (κ3) is 2.68. The molecule has 2 rings (SSSR count). The molecule has 20 heavy (non-hydrogen) atoms. The second-order valence-corrected chi connectivity index (χ2v) is 4.27. The molecular weight excluding hydrogens is 277 g/mol. The minimum Gasteiger partial charge on any atom is -0.497 e.